The SMILES string of the molecule is Cc1nc(C2(O)CC2)sc1C(F)F. The monoisotopic (exact) mass is 205 g/mol. The Hall–Kier alpha value is -0.550. The first kappa shape index (κ1) is 9.02. The van der Waals surface area contributed by atoms with Crippen LogP contribution in [0.2, 0.25) is 0 Å². The first-order valence-corrected chi connectivity index (χ1v) is 4.83. The van der Waals surface area contributed by atoms with Crippen LogP contribution in [0.3, 0.4) is 0 Å². The second kappa shape index (κ2) is 2.72. The summed E-state index contributed by atoms with van der Waals surface area (Å²) in [6.07, 6.45) is -1.20. The smallest absolute Gasteiger partial charge is 0.274 e. The Morgan fingerprint density at radius 2 is 2.15 bits per heavy atom. The van der Waals surface area contributed by atoms with E-state index in [-0.39, 0.29) is 4.88 Å². The van der Waals surface area contributed by atoms with Crippen molar-refractivity contribution >= 4 is 11.3 Å². The van der Waals surface area contributed by atoms with Gasteiger partial charge in [0.05, 0.1) is 10.6 Å². The lowest BCUT2D eigenvalue weighted by Crippen LogP contribution is -2.02. The molecule has 72 valence electrons. The van der Waals surface area contributed by atoms with Crippen molar-refractivity contribution in [2.45, 2.75) is 31.8 Å². The zero-order valence-corrected chi connectivity index (χ0v) is 7.87. The molecule has 0 aromatic carbocycles. The molecule has 0 saturated heterocycles. The maximum absolute atomic E-state index is 12.3. The van der Waals surface area contributed by atoms with Crippen LogP contribution in [0, 0.1) is 6.92 Å². The third-order valence-corrected chi connectivity index (χ3v) is 3.51. The lowest BCUT2D eigenvalue weighted by molar-refractivity contribution is 0.151. The summed E-state index contributed by atoms with van der Waals surface area (Å²) in [7, 11) is 0. The summed E-state index contributed by atoms with van der Waals surface area (Å²) in [5.41, 5.74) is -0.543. The van der Waals surface area contributed by atoms with E-state index < -0.39 is 12.0 Å². The number of hydrogen-bond donors (Lipinski definition) is 1. The molecule has 1 aliphatic carbocycles. The number of hydrogen-bond acceptors (Lipinski definition) is 3. The van der Waals surface area contributed by atoms with Crippen LogP contribution in [-0.2, 0) is 5.60 Å². The minimum absolute atomic E-state index is 0.0182. The second-order valence-electron chi connectivity index (χ2n) is 3.30. The quantitative estimate of drug-likeness (QED) is 0.804. The molecule has 13 heavy (non-hydrogen) atoms. The molecule has 5 heteroatoms. The van der Waals surface area contributed by atoms with Crippen molar-refractivity contribution in [3.05, 3.63) is 15.6 Å². The standard InChI is InChI=1S/C8H9F2NOS/c1-4-5(6(9)10)13-7(11-4)8(12)2-3-8/h6,12H,2-3H2,1H3. The summed E-state index contributed by atoms with van der Waals surface area (Å²) < 4.78 is 24.7. The average Bonchev–Trinajstić information content (AvgIpc) is 2.63. The van der Waals surface area contributed by atoms with E-state index in [1.165, 1.54) is 0 Å². The second-order valence-corrected chi connectivity index (χ2v) is 4.33. The molecule has 2 rings (SSSR count). The topological polar surface area (TPSA) is 33.1 Å². The van der Waals surface area contributed by atoms with E-state index in [0.717, 1.165) is 11.3 Å². The molecular formula is C8H9F2NOS. The van der Waals surface area contributed by atoms with Gasteiger partial charge in [-0.05, 0) is 19.8 Å². The fourth-order valence-electron chi connectivity index (χ4n) is 1.14. The number of aryl methyl sites for hydroxylation is 1. The van der Waals surface area contributed by atoms with Crippen LogP contribution in [0.25, 0.3) is 0 Å². The van der Waals surface area contributed by atoms with Crippen LogP contribution in [-0.4, -0.2) is 10.1 Å². The van der Waals surface area contributed by atoms with Gasteiger partial charge in [-0.3, -0.25) is 0 Å². The third-order valence-electron chi connectivity index (χ3n) is 2.15. The molecular weight excluding hydrogens is 196 g/mol. The summed E-state index contributed by atoms with van der Waals surface area (Å²) >= 11 is 0.926. The van der Waals surface area contributed by atoms with E-state index in [9.17, 15) is 13.9 Å². The number of alkyl halides is 2. The maximum Gasteiger partial charge on any atom is 0.274 e. The van der Waals surface area contributed by atoms with Crippen molar-refractivity contribution in [2.24, 2.45) is 0 Å². The van der Waals surface area contributed by atoms with Gasteiger partial charge in [0, 0.05) is 0 Å². The highest BCUT2D eigenvalue weighted by Gasteiger charge is 2.45. The van der Waals surface area contributed by atoms with Crippen LogP contribution in [0.5, 0.6) is 0 Å². The molecule has 1 aromatic rings. The summed E-state index contributed by atoms with van der Waals surface area (Å²) in [5.74, 6) is 0. The molecule has 1 saturated carbocycles. The van der Waals surface area contributed by atoms with Crippen LogP contribution >= 0.6 is 11.3 Å². The van der Waals surface area contributed by atoms with E-state index in [0.29, 0.717) is 23.5 Å². The molecule has 2 nitrogen and oxygen atoms in total. The Kier molecular flexibility index (Phi) is 1.89. The third kappa shape index (κ3) is 1.46. The van der Waals surface area contributed by atoms with Crippen molar-refractivity contribution in [1.82, 2.24) is 4.98 Å². The minimum Gasteiger partial charge on any atom is -0.383 e. The molecule has 0 spiro atoms. The van der Waals surface area contributed by atoms with Crippen molar-refractivity contribution in [3.8, 4) is 0 Å². The van der Waals surface area contributed by atoms with E-state index >= 15 is 0 Å². The fourth-order valence-corrected chi connectivity index (χ4v) is 2.21. The van der Waals surface area contributed by atoms with Gasteiger partial charge in [0.25, 0.3) is 6.43 Å². The molecule has 1 heterocycles. The molecule has 0 radical (unpaired) electrons. The van der Waals surface area contributed by atoms with Gasteiger partial charge in [-0.1, -0.05) is 0 Å². The lowest BCUT2D eigenvalue weighted by atomic mass is 10.3. The zero-order chi connectivity index (χ0) is 9.64. The molecule has 0 atom stereocenters. The first-order chi connectivity index (χ1) is 6.03. The van der Waals surface area contributed by atoms with Gasteiger partial charge in [0.2, 0.25) is 0 Å². The molecule has 1 N–H and O–H groups in total. The molecule has 0 bridgehead atoms. The predicted molar refractivity (Wildman–Crippen MR) is 44.9 cm³/mol. The number of rotatable bonds is 2. The van der Waals surface area contributed by atoms with Gasteiger partial charge in [0.1, 0.15) is 10.6 Å². The Labute approximate surface area is 78.2 Å². The molecule has 0 aliphatic heterocycles. The maximum atomic E-state index is 12.3. The van der Waals surface area contributed by atoms with Gasteiger partial charge < -0.3 is 5.11 Å². The Morgan fingerprint density at radius 3 is 2.54 bits per heavy atom. The van der Waals surface area contributed by atoms with E-state index in [4.69, 9.17) is 0 Å². The summed E-state index contributed by atoms with van der Waals surface area (Å²) in [6.45, 7) is 1.55. The molecule has 0 unspecified atom stereocenters. The first-order valence-electron chi connectivity index (χ1n) is 4.01. The highest BCUT2D eigenvalue weighted by molar-refractivity contribution is 7.12. The predicted octanol–water partition coefficient (Wildman–Crippen LogP) is 2.37. The largest absolute Gasteiger partial charge is 0.383 e. The van der Waals surface area contributed by atoms with E-state index in [1.54, 1.807) is 6.92 Å². The van der Waals surface area contributed by atoms with Crippen LogP contribution in [0.4, 0.5) is 8.78 Å². The van der Waals surface area contributed by atoms with Gasteiger partial charge >= 0.3 is 0 Å². The summed E-state index contributed by atoms with van der Waals surface area (Å²) in [5, 5.41) is 10.1. The molecule has 1 aliphatic rings. The van der Waals surface area contributed by atoms with Gasteiger partial charge in [-0.2, -0.15) is 0 Å². The highest BCUT2D eigenvalue weighted by atomic mass is 32.1. The Bertz CT molecular complexity index is 333. The van der Waals surface area contributed by atoms with Crippen molar-refractivity contribution in [1.29, 1.82) is 0 Å². The van der Waals surface area contributed by atoms with Gasteiger partial charge in [-0.15, -0.1) is 11.3 Å². The van der Waals surface area contributed by atoms with Crippen LogP contribution in [0.15, 0.2) is 0 Å². The number of halogens is 2. The average molecular weight is 205 g/mol. The normalized spacial score (nSPS) is 19.5. The molecule has 1 fully saturated rings. The van der Waals surface area contributed by atoms with Crippen molar-refractivity contribution in [3.63, 3.8) is 0 Å². The summed E-state index contributed by atoms with van der Waals surface area (Å²) in [4.78, 5) is 3.94. The van der Waals surface area contributed by atoms with Crippen LogP contribution in [0.1, 0.15) is 34.8 Å². The molecule has 0 amide bonds. The fraction of sp³-hybridized carbons (Fsp3) is 0.625. The highest BCUT2D eigenvalue weighted by Crippen LogP contribution is 2.48. The summed E-state index contributed by atoms with van der Waals surface area (Å²) in [6, 6.07) is 0. The number of nitrogens with zero attached hydrogens (tertiary/aromatic N) is 1. The van der Waals surface area contributed by atoms with Gasteiger partial charge in [0.15, 0.2) is 0 Å². The minimum atomic E-state index is -2.48. The van der Waals surface area contributed by atoms with Crippen molar-refractivity contribution < 1.29 is 13.9 Å². The van der Waals surface area contributed by atoms with Gasteiger partial charge in [-0.25, -0.2) is 13.8 Å². The van der Waals surface area contributed by atoms with Crippen molar-refractivity contribution in [2.75, 3.05) is 0 Å². The number of thiazole rings is 1. The number of aliphatic hydroxyl groups is 1. The number of aromatic nitrogens is 1. The van der Waals surface area contributed by atoms with E-state index in [2.05, 4.69) is 4.98 Å². The Morgan fingerprint density at radius 1 is 1.54 bits per heavy atom. The zero-order valence-electron chi connectivity index (χ0n) is 7.05. The van der Waals surface area contributed by atoms with E-state index in [1.807, 2.05) is 0 Å². The molecule has 1 aromatic heterocycles. The Balaban J connectivity index is 2.35. The lowest BCUT2D eigenvalue weighted by Gasteiger charge is -1.99. The van der Waals surface area contributed by atoms with Crippen LogP contribution < -0.4 is 0 Å².